The topological polar surface area (TPSA) is 412 Å². The fourth-order valence-corrected chi connectivity index (χ4v) is 10.6. The van der Waals surface area contributed by atoms with E-state index < -0.39 is 182 Å². The van der Waals surface area contributed by atoms with Crippen LogP contribution in [0, 0.1) is 23.7 Å². The average molecular weight is 1090 g/mol. The third-order valence-corrected chi connectivity index (χ3v) is 15.4. The van der Waals surface area contributed by atoms with Gasteiger partial charge in [0.2, 0.25) is 0 Å². The lowest BCUT2D eigenvalue weighted by Crippen LogP contribution is -2.61. The highest BCUT2D eigenvalue weighted by Gasteiger charge is 2.54. The number of Topliss-reactive ketones (excluding diaryl/α,β-unsaturated/α-hetero) is 1. The number of ketones is 1. The van der Waals surface area contributed by atoms with Crippen molar-refractivity contribution in [3.8, 4) is 0 Å². The maximum atomic E-state index is 14.1. The summed E-state index contributed by atoms with van der Waals surface area (Å²) in [6.07, 6.45) is -26.6. The molecule has 0 amide bonds. The molecular formula is C49H89NO25. The number of cyclic esters (lactones) is 1. The number of carbonyl (C=O) groups is 3. The zero-order valence-electron chi connectivity index (χ0n) is 45.3. The second kappa shape index (κ2) is 27.8. The van der Waals surface area contributed by atoms with Crippen LogP contribution in [0.4, 0.5) is 0 Å². The minimum absolute atomic E-state index is 0.0936. The van der Waals surface area contributed by atoms with Crippen molar-refractivity contribution in [2.75, 3.05) is 34.4 Å². The monoisotopic (exact) mass is 1090 g/mol. The van der Waals surface area contributed by atoms with Crippen LogP contribution in [0.1, 0.15) is 94.9 Å². The zero-order chi connectivity index (χ0) is 57.6. The number of methoxy groups -OCH3 is 1. The molecule has 0 saturated carbocycles. The number of ether oxygens (including phenoxy) is 8. The van der Waals surface area contributed by atoms with Gasteiger partial charge >= 0.3 is 11.9 Å². The number of aliphatic hydroxyl groups is 13. The Morgan fingerprint density at radius 3 is 1.92 bits per heavy atom. The number of hydrogen-bond donors (Lipinski definition) is 14. The molecule has 4 saturated heterocycles. The Kier molecular flexibility index (Phi) is 24.8. The molecule has 27 atom stereocenters. The first-order valence-electron chi connectivity index (χ1n) is 25.5. The maximum Gasteiger partial charge on any atom is 0.335 e. The van der Waals surface area contributed by atoms with Gasteiger partial charge in [-0.1, -0.05) is 27.7 Å². The second-order valence-electron chi connectivity index (χ2n) is 21.8. The van der Waals surface area contributed by atoms with Crippen LogP contribution >= 0.6 is 0 Å². The predicted molar refractivity (Wildman–Crippen MR) is 258 cm³/mol. The molecule has 75 heavy (non-hydrogen) atoms. The van der Waals surface area contributed by atoms with Crippen LogP contribution in [0.25, 0.3) is 0 Å². The standard InChI is InChI=1S/C37H67NO13.C12H22O12/c1-14-25-37(10,45)30(41)20(4)27(39)18(2)16-35(8,44)32(51-34-28(40)24(38(11)12)15-19(3)47-34)21(5)29(22(6)33(43)49-25)50-26-17-36(9,46-13)31(42)23(7)48-26;13-1-3(15)10(7(18)8(19)11(21)22)24-12-9(20)6(17)5(16)4(2-14)23-12/h18-26,28-32,34,40-42,44-45H,14-17H2,1-13H3;3-10,12-20H,1-2H2,(H,21,22)/t18-,19-,20+,21+,22-,23+,24+,25-,26+,28-,29+,30-,31+,32-,34+,35-,36-,37-;3-,4-,5-,6-,7-,8-,9-,10-,12+/m11/s1. The van der Waals surface area contributed by atoms with Gasteiger partial charge in [-0.15, -0.1) is 0 Å². The molecule has 14 N–H and O–H groups in total. The van der Waals surface area contributed by atoms with Crippen LogP contribution in [0.5, 0.6) is 0 Å². The lowest BCUT2D eigenvalue weighted by atomic mass is 9.74. The van der Waals surface area contributed by atoms with Crippen LogP contribution in [0.2, 0.25) is 0 Å². The molecule has 4 aliphatic rings. The van der Waals surface area contributed by atoms with E-state index in [1.54, 1.807) is 41.5 Å². The van der Waals surface area contributed by atoms with Crippen LogP contribution < -0.4 is 0 Å². The maximum absolute atomic E-state index is 14.1. The van der Waals surface area contributed by atoms with Crippen molar-refractivity contribution in [2.24, 2.45) is 23.7 Å². The fourth-order valence-electron chi connectivity index (χ4n) is 10.6. The molecule has 26 nitrogen and oxygen atoms in total. The molecule has 0 aromatic heterocycles. The van der Waals surface area contributed by atoms with Crippen LogP contribution in [0.15, 0.2) is 0 Å². The van der Waals surface area contributed by atoms with E-state index in [9.17, 15) is 70.6 Å². The van der Waals surface area contributed by atoms with E-state index in [1.165, 1.54) is 27.9 Å². The summed E-state index contributed by atoms with van der Waals surface area (Å²) in [6.45, 7) is 14.6. The number of aliphatic hydroxyl groups excluding tert-OH is 11. The fraction of sp³-hybridized carbons (Fsp3) is 0.939. The molecule has 4 aliphatic heterocycles. The number of aliphatic carboxylic acids is 1. The number of rotatable bonds is 15. The van der Waals surface area contributed by atoms with Gasteiger partial charge in [0.25, 0.3) is 0 Å². The van der Waals surface area contributed by atoms with E-state index in [2.05, 4.69) is 0 Å². The number of carboxylic acid groups (broad SMARTS) is 1. The van der Waals surface area contributed by atoms with Crippen molar-refractivity contribution < 1.29 is 124 Å². The first-order chi connectivity index (χ1) is 34.6. The molecule has 0 spiro atoms. The van der Waals surface area contributed by atoms with Gasteiger partial charge < -0.3 is 114 Å². The highest BCUT2D eigenvalue weighted by Crippen LogP contribution is 2.41. The molecule has 4 fully saturated rings. The third kappa shape index (κ3) is 15.8. The third-order valence-electron chi connectivity index (χ3n) is 15.4. The van der Waals surface area contributed by atoms with Crippen molar-refractivity contribution >= 4 is 17.7 Å². The van der Waals surface area contributed by atoms with Gasteiger partial charge in [-0.2, -0.15) is 0 Å². The molecule has 440 valence electrons. The van der Waals surface area contributed by atoms with E-state index in [1.807, 2.05) is 25.9 Å². The Labute approximate surface area is 438 Å². The smallest absolute Gasteiger partial charge is 0.335 e. The predicted octanol–water partition coefficient (Wildman–Crippen LogP) is -3.88. The zero-order valence-corrected chi connectivity index (χ0v) is 45.3. The number of likely N-dealkylation sites (N-methyl/N-ethyl adjacent to an activating group) is 1. The summed E-state index contributed by atoms with van der Waals surface area (Å²) in [5.41, 5.74) is -4.84. The van der Waals surface area contributed by atoms with Gasteiger partial charge in [0.15, 0.2) is 25.0 Å². The van der Waals surface area contributed by atoms with Gasteiger partial charge in [-0.25, -0.2) is 4.79 Å². The molecule has 4 rings (SSSR count). The largest absolute Gasteiger partial charge is 0.479 e. The van der Waals surface area contributed by atoms with Crippen molar-refractivity contribution in [2.45, 2.75) is 234 Å². The van der Waals surface area contributed by atoms with E-state index in [0.717, 1.165) is 0 Å². The Morgan fingerprint density at radius 2 is 1.40 bits per heavy atom. The number of hydrogen-bond acceptors (Lipinski definition) is 25. The van der Waals surface area contributed by atoms with E-state index in [0.29, 0.717) is 6.42 Å². The van der Waals surface area contributed by atoms with Crippen molar-refractivity contribution in [1.29, 1.82) is 0 Å². The first-order valence-corrected chi connectivity index (χ1v) is 25.5. The Balaban J connectivity index is 0.000000516. The molecule has 0 aromatic rings. The summed E-state index contributed by atoms with van der Waals surface area (Å²) >= 11 is 0. The molecular weight excluding hydrogens is 1000 g/mol. The van der Waals surface area contributed by atoms with Crippen LogP contribution in [-0.4, -0.2) is 268 Å². The minimum atomic E-state index is -2.39. The van der Waals surface area contributed by atoms with E-state index >= 15 is 0 Å². The number of nitrogens with zero attached hydrogens (tertiary/aromatic N) is 1. The minimum Gasteiger partial charge on any atom is -0.479 e. The molecule has 0 unspecified atom stereocenters. The quantitative estimate of drug-likeness (QED) is 0.0698. The normalized spacial score (nSPS) is 45.3. The molecule has 0 aromatic carbocycles. The van der Waals surface area contributed by atoms with Crippen molar-refractivity contribution in [3.05, 3.63) is 0 Å². The Morgan fingerprint density at radius 1 is 0.800 bits per heavy atom. The summed E-state index contributed by atoms with van der Waals surface area (Å²) in [5, 5.41) is 142. The molecule has 26 heteroatoms. The molecule has 4 heterocycles. The van der Waals surface area contributed by atoms with E-state index in [4.69, 9.17) is 53.2 Å². The Bertz CT molecular complexity index is 1790. The first kappa shape index (κ1) is 67.0. The van der Waals surface area contributed by atoms with Gasteiger partial charge in [-0.05, 0) is 74.9 Å². The lowest BCUT2D eigenvalue weighted by molar-refractivity contribution is -0.326. The highest BCUT2D eigenvalue weighted by atomic mass is 16.7. The van der Waals surface area contributed by atoms with Crippen molar-refractivity contribution in [1.82, 2.24) is 4.90 Å². The average Bonchev–Trinajstić information content (AvgIpc) is 3.35. The highest BCUT2D eigenvalue weighted by molar-refractivity contribution is 5.83. The SMILES string of the molecule is CC[C@H]1OC(=O)[C@H](C)[C@@H](O[C@H]2C[C@@](C)(OC)[C@@H](O)[C@H](C)O2)[C@H](C)[C@@H](O[C@@H]2O[C@H](C)C[C@H](N(C)C)[C@H]2O)[C@](C)(O)C[C@@H](C)C(=O)[C@H](C)[C@@H](O)[C@]1(C)O.O=C(O)[C@H](O)[C@@H](O)[C@H](O[C@@H]1O[C@H](CO)[C@@H](O)[C@@H](O)[C@H]1O)[C@H](O)CO. The van der Waals surface area contributed by atoms with Gasteiger partial charge in [0.05, 0.1) is 60.9 Å². The van der Waals surface area contributed by atoms with Gasteiger partial charge in [0, 0.05) is 37.3 Å². The molecule has 0 radical (unpaired) electrons. The second-order valence-corrected chi connectivity index (χ2v) is 21.8. The number of carboxylic acids is 1. The van der Waals surface area contributed by atoms with E-state index in [-0.39, 0.29) is 31.4 Å². The van der Waals surface area contributed by atoms with Crippen LogP contribution in [-0.2, 0) is 52.3 Å². The van der Waals surface area contributed by atoms with Gasteiger partial charge in [0.1, 0.15) is 72.4 Å². The molecule has 0 aliphatic carbocycles. The summed E-state index contributed by atoms with van der Waals surface area (Å²) < 4.78 is 47.0. The summed E-state index contributed by atoms with van der Waals surface area (Å²) in [7, 11) is 5.18. The summed E-state index contributed by atoms with van der Waals surface area (Å²) in [6, 6.07) is -0.324. The summed E-state index contributed by atoms with van der Waals surface area (Å²) in [4.78, 5) is 40.5. The molecule has 0 bridgehead atoms. The Hall–Kier alpha value is -2.23. The van der Waals surface area contributed by atoms with Crippen molar-refractivity contribution in [3.63, 3.8) is 0 Å². The number of esters is 1. The number of carbonyl (C=O) groups excluding carboxylic acids is 2. The summed E-state index contributed by atoms with van der Waals surface area (Å²) in [5.74, 6) is -6.81. The lowest BCUT2D eigenvalue weighted by Gasteiger charge is -2.49. The van der Waals surface area contributed by atoms with Gasteiger partial charge in [-0.3, -0.25) is 9.59 Å². The van der Waals surface area contributed by atoms with Crippen LogP contribution in [0.3, 0.4) is 0 Å².